The maximum atomic E-state index is 12.7. The third kappa shape index (κ3) is 2.84. The van der Waals surface area contributed by atoms with E-state index in [9.17, 15) is 18.0 Å². The van der Waals surface area contributed by atoms with Crippen LogP contribution in [0.5, 0.6) is 11.5 Å². The minimum absolute atomic E-state index is 0.0380. The Morgan fingerprint density at radius 2 is 1.73 bits per heavy atom. The van der Waals surface area contributed by atoms with Crippen LogP contribution in [0.3, 0.4) is 0 Å². The second kappa shape index (κ2) is 6.64. The van der Waals surface area contributed by atoms with E-state index in [4.69, 9.17) is 9.47 Å². The Morgan fingerprint density at radius 1 is 1.08 bits per heavy atom. The molecule has 0 aromatic heterocycles. The molecule has 0 bridgehead atoms. The summed E-state index contributed by atoms with van der Waals surface area (Å²) in [6.45, 7) is 0. The van der Waals surface area contributed by atoms with Gasteiger partial charge in [0.1, 0.15) is 4.91 Å². The van der Waals surface area contributed by atoms with E-state index >= 15 is 0 Å². The molecule has 1 aliphatic heterocycles. The average molecular weight is 373 g/mol. The van der Waals surface area contributed by atoms with Crippen LogP contribution < -0.4 is 14.8 Å². The summed E-state index contributed by atoms with van der Waals surface area (Å²) in [5.74, 6) is -0.227. The predicted octanol–water partition coefficient (Wildman–Crippen LogP) is 2.28. The summed E-state index contributed by atoms with van der Waals surface area (Å²) < 4.78 is 35.8. The Labute approximate surface area is 150 Å². The van der Waals surface area contributed by atoms with Crippen LogP contribution in [0.4, 0.5) is 5.69 Å². The molecule has 0 saturated heterocycles. The van der Waals surface area contributed by atoms with Gasteiger partial charge in [-0.05, 0) is 29.8 Å². The van der Waals surface area contributed by atoms with Crippen molar-refractivity contribution in [2.75, 3.05) is 19.5 Å². The maximum Gasteiger partial charge on any atom is 0.267 e. The van der Waals surface area contributed by atoms with E-state index in [1.54, 1.807) is 12.1 Å². The van der Waals surface area contributed by atoms with Gasteiger partial charge in [0.2, 0.25) is 9.84 Å². The Bertz CT molecular complexity index is 1040. The van der Waals surface area contributed by atoms with E-state index in [-0.39, 0.29) is 21.9 Å². The lowest BCUT2D eigenvalue weighted by molar-refractivity contribution is -0.112. The number of ether oxygens (including phenoxy) is 2. The zero-order valence-electron chi connectivity index (χ0n) is 14.0. The molecule has 0 aliphatic carbocycles. The molecule has 8 heteroatoms. The molecular formula is C18H15NO6S. The molecule has 26 heavy (non-hydrogen) atoms. The molecule has 0 fully saturated rings. The summed E-state index contributed by atoms with van der Waals surface area (Å²) in [6.07, 6.45) is 1.85. The number of para-hydroxylation sites is 1. The van der Waals surface area contributed by atoms with Crippen LogP contribution >= 0.6 is 0 Å². The van der Waals surface area contributed by atoms with Gasteiger partial charge in [-0.2, -0.15) is 0 Å². The lowest BCUT2D eigenvalue weighted by Gasteiger charge is -2.10. The topological polar surface area (TPSA) is 98.8 Å². The number of fused-ring (bicyclic) bond motifs is 1. The summed E-state index contributed by atoms with van der Waals surface area (Å²) in [6, 6.07) is 9.11. The highest BCUT2D eigenvalue weighted by atomic mass is 32.2. The van der Waals surface area contributed by atoms with Crippen LogP contribution in [0.1, 0.15) is 15.9 Å². The molecule has 0 radical (unpaired) electrons. The molecule has 0 spiro atoms. The fourth-order valence-corrected chi connectivity index (χ4v) is 4.15. The average Bonchev–Trinajstić information content (AvgIpc) is 2.91. The number of benzene rings is 2. The van der Waals surface area contributed by atoms with E-state index in [1.807, 2.05) is 0 Å². The molecule has 0 atom stereocenters. The molecule has 7 nitrogen and oxygen atoms in total. The minimum Gasteiger partial charge on any atom is -0.493 e. The number of carbonyl (C=O) groups is 2. The first-order valence-corrected chi connectivity index (χ1v) is 8.99. The van der Waals surface area contributed by atoms with E-state index in [2.05, 4.69) is 5.32 Å². The monoisotopic (exact) mass is 373 g/mol. The Kier molecular flexibility index (Phi) is 4.52. The van der Waals surface area contributed by atoms with Crippen molar-refractivity contribution in [1.82, 2.24) is 0 Å². The van der Waals surface area contributed by atoms with Crippen LogP contribution in [-0.4, -0.2) is 34.8 Å². The molecule has 1 N–H and O–H groups in total. The highest BCUT2D eigenvalue weighted by molar-refractivity contribution is 7.96. The lowest BCUT2D eigenvalue weighted by Crippen LogP contribution is -2.19. The van der Waals surface area contributed by atoms with Crippen LogP contribution in [0.2, 0.25) is 0 Å². The first-order chi connectivity index (χ1) is 12.4. The number of carbonyl (C=O) groups excluding carboxylic acids is 2. The van der Waals surface area contributed by atoms with Gasteiger partial charge in [0.15, 0.2) is 17.8 Å². The summed E-state index contributed by atoms with van der Waals surface area (Å²) in [5.41, 5.74) is 0.809. The van der Waals surface area contributed by atoms with Crippen LogP contribution in [0.15, 0.2) is 46.2 Å². The number of aldehydes is 1. The number of hydrogen-bond donors (Lipinski definition) is 1. The van der Waals surface area contributed by atoms with Gasteiger partial charge < -0.3 is 14.8 Å². The first kappa shape index (κ1) is 17.7. The van der Waals surface area contributed by atoms with Crippen molar-refractivity contribution in [3.63, 3.8) is 0 Å². The number of rotatable bonds is 5. The summed E-state index contributed by atoms with van der Waals surface area (Å²) in [7, 11) is -1.19. The number of amides is 1. The quantitative estimate of drug-likeness (QED) is 0.808. The summed E-state index contributed by atoms with van der Waals surface area (Å²) in [5, 5.41) is 2.47. The van der Waals surface area contributed by atoms with E-state index < -0.39 is 20.6 Å². The van der Waals surface area contributed by atoms with Gasteiger partial charge in [0.25, 0.3) is 5.91 Å². The number of methoxy groups -OCH3 is 2. The van der Waals surface area contributed by atoms with Gasteiger partial charge >= 0.3 is 0 Å². The highest BCUT2D eigenvalue weighted by Gasteiger charge is 2.35. The molecule has 1 amide bonds. The fraction of sp³-hybridized carbons (Fsp3) is 0.111. The summed E-state index contributed by atoms with van der Waals surface area (Å²) in [4.78, 5) is 23.2. The zero-order chi connectivity index (χ0) is 18.9. The largest absolute Gasteiger partial charge is 0.493 e. The molecular weight excluding hydrogens is 358 g/mol. The van der Waals surface area contributed by atoms with Crippen molar-refractivity contribution in [3.8, 4) is 11.5 Å². The third-order valence-electron chi connectivity index (χ3n) is 3.94. The van der Waals surface area contributed by atoms with Gasteiger partial charge in [0.05, 0.1) is 24.8 Å². The third-order valence-corrected chi connectivity index (χ3v) is 5.76. The van der Waals surface area contributed by atoms with Gasteiger partial charge in [-0.3, -0.25) is 9.59 Å². The van der Waals surface area contributed by atoms with Gasteiger partial charge in [-0.1, -0.05) is 12.1 Å². The Hall–Kier alpha value is -3.13. The van der Waals surface area contributed by atoms with E-state index in [0.29, 0.717) is 17.6 Å². The molecule has 0 unspecified atom stereocenters. The molecule has 0 saturated carbocycles. The number of anilines is 1. The molecule has 2 aromatic carbocycles. The van der Waals surface area contributed by atoms with E-state index in [0.717, 1.165) is 0 Å². The van der Waals surface area contributed by atoms with Gasteiger partial charge in [-0.15, -0.1) is 0 Å². The molecule has 2 aromatic rings. The Morgan fingerprint density at radius 3 is 2.38 bits per heavy atom. The van der Waals surface area contributed by atoms with Crippen molar-refractivity contribution < 1.29 is 27.5 Å². The molecule has 1 heterocycles. The van der Waals surface area contributed by atoms with Crippen molar-refractivity contribution in [1.29, 1.82) is 0 Å². The molecule has 134 valence electrons. The van der Waals surface area contributed by atoms with Crippen molar-refractivity contribution in [2.24, 2.45) is 0 Å². The number of nitrogens with one attached hydrogen (secondary N) is 1. The minimum atomic E-state index is -4.02. The van der Waals surface area contributed by atoms with Crippen molar-refractivity contribution in [3.05, 3.63) is 52.4 Å². The lowest BCUT2D eigenvalue weighted by atomic mass is 10.1. The van der Waals surface area contributed by atoms with Crippen LogP contribution in [0, 0.1) is 0 Å². The van der Waals surface area contributed by atoms with Gasteiger partial charge in [0, 0.05) is 11.6 Å². The Balaban J connectivity index is 2.01. The molecule has 1 aliphatic rings. The summed E-state index contributed by atoms with van der Waals surface area (Å²) >= 11 is 0. The standard InChI is InChI=1S/C18H15NO6S/c1-24-14-7-12-8-17(26(22,23)16(12)9-15(14)25-2)18(21)19-13-6-4-3-5-11(13)10-20/h3-10H,1-2H3,(H,19,21). The van der Waals surface area contributed by atoms with Crippen molar-refractivity contribution >= 4 is 33.8 Å². The van der Waals surface area contributed by atoms with E-state index in [1.165, 1.54) is 44.6 Å². The van der Waals surface area contributed by atoms with Gasteiger partial charge in [-0.25, -0.2) is 8.42 Å². The van der Waals surface area contributed by atoms with Crippen LogP contribution in [0.25, 0.3) is 6.08 Å². The predicted molar refractivity (Wildman–Crippen MR) is 95.2 cm³/mol. The normalized spacial score (nSPS) is 14.2. The smallest absolute Gasteiger partial charge is 0.267 e. The fourth-order valence-electron chi connectivity index (χ4n) is 2.64. The maximum absolute atomic E-state index is 12.7. The van der Waals surface area contributed by atoms with Crippen LogP contribution in [-0.2, 0) is 14.6 Å². The number of hydrogen-bond acceptors (Lipinski definition) is 6. The SMILES string of the molecule is COc1cc2c(cc1OC)S(=O)(=O)C(C(=O)Nc1ccccc1C=O)=C2. The number of sulfone groups is 1. The second-order valence-corrected chi connectivity index (χ2v) is 7.30. The first-order valence-electron chi connectivity index (χ1n) is 7.50. The highest BCUT2D eigenvalue weighted by Crippen LogP contribution is 2.40. The van der Waals surface area contributed by atoms with Crippen molar-refractivity contribution in [2.45, 2.75) is 4.90 Å². The zero-order valence-corrected chi connectivity index (χ0v) is 14.8. The molecule has 3 rings (SSSR count). The second-order valence-electron chi connectivity index (χ2n) is 5.42.